The summed E-state index contributed by atoms with van der Waals surface area (Å²) in [5.41, 5.74) is 0.672. The number of nitrogens with zero attached hydrogens (tertiary/aromatic N) is 1. The molecule has 0 fully saturated rings. The van der Waals surface area contributed by atoms with Gasteiger partial charge in [0.05, 0.1) is 10.6 Å². The molecule has 1 N–H and O–H groups in total. The normalized spacial score (nSPS) is 10.6. The molecule has 0 saturated heterocycles. The monoisotopic (exact) mass is 292 g/mol. The minimum Gasteiger partial charge on any atom is -0.384 e. The zero-order valence-electron chi connectivity index (χ0n) is 11.6. The third-order valence-corrected chi connectivity index (χ3v) is 4.17. The highest BCUT2D eigenvalue weighted by atomic mass is 32.1. The first-order valence-corrected chi connectivity index (χ1v) is 7.40. The van der Waals surface area contributed by atoms with Crippen molar-refractivity contribution in [2.24, 2.45) is 0 Å². The summed E-state index contributed by atoms with van der Waals surface area (Å²) in [6.45, 7) is 4.10. The Kier molecular flexibility index (Phi) is 4.84. The van der Waals surface area contributed by atoms with Crippen molar-refractivity contribution >= 4 is 22.8 Å². The fraction of sp³-hybridized carbons (Fsp3) is 0.333. The Balaban J connectivity index is 2.00. The van der Waals surface area contributed by atoms with Crippen molar-refractivity contribution < 1.29 is 9.18 Å². The number of aromatic nitrogens is 1. The maximum absolute atomic E-state index is 13.6. The van der Waals surface area contributed by atoms with Crippen molar-refractivity contribution in [3.05, 3.63) is 45.7 Å². The van der Waals surface area contributed by atoms with Crippen LogP contribution in [0.4, 0.5) is 10.1 Å². The summed E-state index contributed by atoms with van der Waals surface area (Å²) in [5.74, 6) is -0.752. The summed E-state index contributed by atoms with van der Waals surface area (Å²) in [6, 6.07) is 4.62. The molecule has 1 aromatic carbocycles. The number of carbonyl (C=O) groups is 1. The van der Waals surface area contributed by atoms with Crippen LogP contribution in [0.2, 0.25) is 0 Å². The van der Waals surface area contributed by atoms with Crippen molar-refractivity contribution in [3.8, 4) is 0 Å². The lowest BCUT2D eigenvalue weighted by atomic mass is 10.1. The fourth-order valence-corrected chi connectivity index (χ4v) is 2.82. The van der Waals surface area contributed by atoms with Gasteiger partial charge in [-0.3, -0.25) is 4.79 Å². The summed E-state index contributed by atoms with van der Waals surface area (Å²) in [5, 5.41) is 4.17. The summed E-state index contributed by atoms with van der Waals surface area (Å²) in [6.07, 6.45) is 3.64. The molecule has 0 aliphatic rings. The number of rotatable bonds is 6. The molecule has 0 atom stereocenters. The standard InChI is InChI=1S/C15H17FN2OS/c1-3-11-9-18-14(20-11)7-8-17-13-6-4-5-12(16)15(13)10(2)19/h4-6,9,17H,3,7-8H2,1-2H3. The van der Waals surface area contributed by atoms with Crippen LogP contribution in [0.1, 0.15) is 34.1 Å². The van der Waals surface area contributed by atoms with Crippen LogP contribution in [0.25, 0.3) is 0 Å². The zero-order valence-corrected chi connectivity index (χ0v) is 12.4. The molecule has 3 nitrogen and oxygen atoms in total. The Bertz CT molecular complexity index is 610. The summed E-state index contributed by atoms with van der Waals surface area (Å²) in [4.78, 5) is 17.1. The number of halogens is 1. The molecule has 0 spiro atoms. The quantitative estimate of drug-likeness (QED) is 0.825. The number of thiazole rings is 1. The highest BCUT2D eigenvalue weighted by Gasteiger charge is 2.12. The number of Topliss-reactive ketones (excluding diaryl/α,β-unsaturated/α-hetero) is 1. The van der Waals surface area contributed by atoms with Crippen LogP contribution in [-0.4, -0.2) is 17.3 Å². The molecule has 20 heavy (non-hydrogen) atoms. The highest BCUT2D eigenvalue weighted by molar-refractivity contribution is 7.11. The Labute approximate surface area is 121 Å². The number of hydrogen-bond donors (Lipinski definition) is 1. The van der Waals surface area contributed by atoms with E-state index < -0.39 is 5.82 Å². The molecule has 5 heteroatoms. The number of ketones is 1. The molecule has 2 aromatic rings. The Morgan fingerprint density at radius 3 is 2.90 bits per heavy atom. The molecule has 2 rings (SSSR count). The predicted octanol–water partition coefficient (Wildman–Crippen LogP) is 3.70. The van der Waals surface area contributed by atoms with Gasteiger partial charge >= 0.3 is 0 Å². The molecule has 0 aliphatic heterocycles. The Morgan fingerprint density at radius 1 is 1.45 bits per heavy atom. The third-order valence-electron chi connectivity index (χ3n) is 2.97. The van der Waals surface area contributed by atoms with Gasteiger partial charge in [-0.15, -0.1) is 11.3 Å². The van der Waals surface area contributed by atoms with E-state index in [0.717, 1.165) is 17.8 Å². The van der Waals surface area contributed by atoms with Gasteiger partial charge in [-0.2, -0.15) is 0 Å². The van der Waals surface area contributed by atoms with E-state index in [9.17, 15) is 9.18 Å². The second kappa shape index (κ2) is 6.61. The molecular weight excluding hydrogens is 275 g/mol. The molecular formula is C15H17FN2OS. The van der Waals surface area contributed by atoms with Gasteiger partial charge in [0.25, 0.3) is 0 Å². The van der Waals surface area contributed by atoms with E-state index in [2.05, 4.69) is 17.2 Å². The smallest absolute Gasteiger partial charge is 0.164 e. The van der Waals surface area contributed by atoms with E-state index in [1.54, 1.807) is 23.5 Å². The average molecular weight is 292 g/mol. The van der Waals surface area contributed by atoms with Gasteiger partial charge in [-0.05, 0) is 25.5 Å². The van der Waals surface area contributed by atoms with Gasteiger partial charge in [0.1, 0.15) is 5.82 Å². The highest BCUT2D eigenvalue weighted by Crippen LogP contribution is 2.20. The first-order chi connectivity index (χ1) is 9.61. The second-order valence-corrected chi connectivity index (χ2v) is 5.67. The molecule has 0 bridgehead atoms. The molecule has 0 unspecified atom stereocenters. The van der Waals surface area contributed by atoms with Gasteiger partial charge in [-0.25, -0.2) is 9.37 Å². The van der Waals surface area contributed by atoms with E-state index in [0.29, 0.717) is 12.2 Å². The third kappa shape index (κ3) is 3.42. The van der Waals surface area contributed by atoms with Crippen LogP contribution in [0, 0.1) is 5.82 Å². The minimum atomic E-state index is -0.481. The van der Waals surface area contributed by atoms with E-state index >= 15 is 0 Å². The van der Waals surface area contributed by atoms with E-state index in [1.807, 2.05) is 6.20 Å². The van der Waals surface area contributed by atoms with E-state index in [-0.39, 0.29) is 11.3 Å². The molecule has 0 aliphatic carbocycles. The topological polar surface area (TPSA) is 42.0 Å². The lowest BCUT2D eigenvalue weighted by molar-refractivity contribution is 0.101. The number of benzene rings is 1. The van der Waals surface area contributed by atoms with Gasteiger partial charge < -0.3 is 5.32 Å². The Morgan fingerprint density at radius 2 is 2.25 bits per heavy atom. The average Bonchev–Trinajstić information content (AvgIpc) is 2.86. The first kappa shape index (κ1) is 14.7. The van der Waals surface area contributed by atoms with Crippen LogP contribution in [0.5, 0.6) is 0 Å². The van der Waals surface area contributed by atoms with Crippen molar-refractivity contribution in [2.75, 3.05) is 11.9 Å². The van der Waals surface area contributed by atoms with Crippen molar-refractivity contribution in [3.63, 3.8) is 0 Å². The SMILES string of the molecule is CCc1cnc(CCNc2cccc(F)c2C(C)=O)s1. The first-order valence-electron chi connectivity index (χ1n) is 6.58. The number of carbonyl (C=O) groups excluding carboxylic acids is 1. The Hall–Kier alpha value is -1.75. The largest absolute Gasteiger partial charge is 0.384 e. The van der Waals surface area contributed by atoms with Crippen molar-refractivity contribution in [1.29, 1.82) is 0 Å². The molecule has 0 amide bonds. The zero-order chi connectivity index (χ0) is 14.5. The van der Waals surface area contributed by atoms with Crippen LogP contribution >= 0.6 is 11.3 Å². The number of nitrogens with one attached hydrogen (secondary N) is 1. The fourth-order valence-electron chi connectivity index (χ4n) is 1.96. The minimum absolute atomic E-state index is 0.126. The second-order valence-electron chi connectivity index (χ2n) is 4.47. The summed E-state index contributed by atoms with van der Waals surface area (Å²) < 4.78 is 13.6. The molecule has 1 heterocycles. The van der Waals surface area contributed by atoms with Crippen LogP contribution in [0.3, 0.4) is 0 Å². The van der Waals surface area contributed by atoms with Crippen molar-refractivity contribution in [1.82, 2.24) is 4.98 Å². The van der Waals surface area contributed by atoms with E-state index in [1.165, 1.54) is 17.9 Å². The van der Waals surface area contributed by atoms with Crippen molar-refractivity contribution in [2.45, 2.75) is 26.7 Å². The van der Waals surface area contributed by atoms with Gasteiger partial charge in [-0.1, -0.05) is 13.0 Å². The maximum Gasteiger partial charge on any atom is 0.164 e. The van der Waals surface area contributed by atoms with Crippen LogP contribution in [-0.2, 0) is 12.8 Å². The molecule has 0 radical (unpaired) electrons. The van der Waals surface area contributed by atoms with Gasteiger partial charge in [0, 0.05) is 29.7 Å². The summed E-state index contributed by atoms with van der Waals surface area (Å²) in [7, 11) is 0. The van der Waals surface area contributed by atoms with E-state index in [4.69, 9.17) is 0 Å². The molecule has 106 valence electrons. The predicted molar refractivity (Wildman–Crippen MR) is 80.1 cm³/mol. The van der Waals surface area contributed by atoms with Gasteiger partial charge in [0.2, 0.25) is 0 Å². The van der Waals surface area contributed by atoms with Crippen LogP contribution < -0.4 is 5.32 Å². The molecule has 0 saturated carbocycles. The number of aryl methyl sites for hydroxylation is 1. The number of anilines is 1. The maximum atomic E-state index is 13.6. The van der Waals surface area contributed by atoms with Gasteiger partial charge in [0.15, 0.2) is 5.78 Å². The lowest BCUT2D eigenvalue weighted by Crippen LogP contribution is -2.10. The van der Waals surface area contributed by atoms with Crippen LogP contribution in [0.15, 0.2) is 24.4 Å². The lowest BCUT2D eigenvalue weighted by Gasteiger charge is -2.10. The number of hydrogen-bond acceptors (Lipinski definition) is 4. The summed E-state index contributed by atoms with van der Waals surface area (Å²) >= 11 is 1.69. The molecule has 1 aromatic heterocycles.